The maximum atomic E-state index is 12.8. The Hall–Kier alpha value is -2.52. The Kier molecular flexibility index (Phi) is 24.0. The van der Waals surface area contributed by atoms with Gasteiger partial charge in [0.15, 0.2) is 0 Å². The minimum Gasteiger partial charge on any atom is -0.458 e. The van der Waals surface area contributed by atoms with Gasteiger partial charge in [0.25, 0.3) is 0 Å². The van der Waals surface area contributed by atoms with Gasteiger partial charge in [-0.2, -0.15) is 0 Å². The molecule has 0 radical (unpaired) electrons. The van der Waals surface area contributed by atoms with E-state index in [1.807, 2.05) is 20.8 Å². The van der Waals surface area contributed by atoms with E-state index in [1.54, 1.807) is 61.6 Å². The van der Waals surface area contributed by atoms with Crippen LogP contribution < -0.4 is 0 Å². The molecule has 12 nitrogen and oxygen atoms in total. The number of aliphatic hydroxyl groups is 9. The molecule has 11 unspecified atom stereocenters. The molecule has 11 atom stereocenters. The predicted octanol–water partition coefficient (Wildman–Crippen LogP) is 2.87. The van der Waals surface area contributed by atoms with Gasteiger partial charge in [0.2, 0.25) is 0 Å². The highest BCUT2D eigenvalue weighted by Gasteiger charge is 2.27. The van der Waals surface area contributed by atoms with Gasteiger partial charge in [-0.15, -0.1) is 0 Å². The second-order valence-electron chi connectivity index (χ2n) is 14.8. The Morgan fingerprint density at radius 1 is 0.558 bits per heavy atom. The van der Waals surface area contributed by atoms with Crippen LogP contribution in [0.2, 0.25) is 0 Å². The second-order valence-corrected chi connectivity index (χ2v) is 14.8. The van der Waals surface area contributed by atoms with Gasteiger partial charge in [-0.05, 0) is 83.0 Å². The van der Waals surface area contributed by atoms with Gasteiger partial charge >= 0.3 is 5.97 Å². The summed E-state index contributed by atoms with van der Waals surface area (Å²) < 4.78 is 5.83. The molecule has 12 heteroatoms. The van der Waals surface area contributed by atoms with Gasteiger partial charge in [-0.25, -0.2) is 4.79 Å². The Balaban J connectivity index is 2.95. The van der Waals surface area contributed by atoms with E-state index in [0.717, 1.165) is 0 Å². The van der Waals surface area contributed by atoms with Crippen LogP contribution in [-0.2, 0) is 14.3 Å². The molecule has 52 heavy (non-hydrogen) atoms. The third kappa shape index (κ3) is 22.5. The van der Waals surface area contributed by atoms with Crippen LogP contribution in [0.15, 0.2) is 60.3 Å². The van der Waals surface area contributed by atoms with Crippen molar-refractivity contribution in [3.8, 4) is 0 Å². The first-order chi connectivity index (χ1) is 24.5. The Bertz CT molecular complexity index is 1160. The zero-order valence-corrected chi connectivity index (χ0v) is 31.4. The minimum atomic E-state index is -1.22. The Morgan fingerprint density at radius 3 is 1.44 bits per heavy atom. The Morgan fingerprint density at radius 2 is 0.962 bits per heavy atom. The number of cyclic esters (lactones) is 1. The van der Waals surface area contributed by atoms with E-state index in [2.05, 4.69) is 0 Å². The van der Waals surface area contributed by atoms with Crippen LogP contribution in [-0.4, -0.2) is 119 Å². The SMILES string of the molecule is C\C1=C/C=C/C=C/C=C/C=C/CC(O)CC(O)CC(=O)CC(O)CC(O)CC(O)CC(O)CC(O)CC(O)CC(O)CCC(C)C(C(C)C)OC1=O. The lowest BCUT2D eigenvalue weighted by atomic mass is 9.89. The highest BCUT2D eigenvalue weighted by molar-refractivity contribution is 5.88. The standard InChI is InChI=1S/C40H66O12/c1-26(2)39-27(3)15-16-30(42)18-32(44)20-34(46)22-36(48)24-38(50)25-37(49)23-35(47)21-33(45)19-31(43)17-29(41)14-12-10-8-6-5-7-9-11-13-28(4)40(51)52-39/h5-13,26-27,29-32,34-39,41-44,46-50H,14-25H2,1-4H3/b7-5+,8-6+,11-9+,12-10+,28-13+. The molecule has 0 spiro atoms. The van der Waals surface area contributed by atoms with Crippen LogP contribution in [0.25, 0.3) is 0 Å². The number of aliphatic hydroxyl groups excluding tert-OH is 9. The molecule has 0 aromatic heterocycles. The van der Waals surface area contributed by atoms with E-state index in [0.29, 0.717) is 18.4 Å². The largest absolute Gasteiger partial charge is 0.458 e. The fraction of sp³-hybridized carbons (Fsp3) is 0.700. The molecule has 0 aromatic rings. The van der Waals surface area contributed by atoms with E-state index in [1.165, 1.54) is 0 Å². The number of ketones is 1. The number of hydrogen-bond acceptors (Lipinski definition) is 12. The fourth-order valence-corrected chi connectivity index (χ4v) is 6.32. The molecule has 0 saturated heterocycles. The van der Waals surface area contributed by atoms with E-state index in [-0.39, 0.29) is 76.0 Å². The van der Waals surface area contributed by atoms with E-state index in [9.17, 15) is 55.5 Å². The average molecular weight is 739 g/mol. The van der Waals surface area contributed by atoms with Crippen molar-refractivity contribution in [2.45, 2.75) is 166 Å². The number of allylic oxidation sites excluding steroid dienone is 8. The second kappa shape index (κ2) is 26.3. The summed E-state index contributed by atoms with van der Waals surface area (Å²) in [5.74, 6) is -0.939. The molecule has 0 amide bonds. The number of esters is 1. The lowest BCUT2D eigenvalue weighted by Crippen LogP contribution is -2.32. The summed E-state index contributed by atoms with van der Waals surface area (Å²) in [6, 6.07) is 0. The van der Waals surface area contributed by atoms with Crippen LogP contribution in [0.5, 0.6) is 0 Å². The van der Waals surface area contributed by atoms with Crippen LogP contribution >= 0.6 is 0 Å². The zero-order chi connectivity index (χ0) is 39.2. The van der Waals surface area contributed by atoms with E-state index in [4.69, 9.17) is 4.74 Å². The smallest absolute Gasteiger partial charge is 0.334 e. The molecule has 1 aliphatic rings. The van der Waals surface area contributed by atoms with Crippen LogP contribution in [0, 0.1) is 11.8 Å². The van der Waals surface area contributed by atoms with E-state index < -0.39 is 72.8 Å². The van der Waals surface area contributed by atoms with Crippen molar-refractivity contribution in [1.82, 2.24) is 0 Å². The number of hydrogen-bond donors (Lipinski definition) is 9. The zero-order valence-electron chi connectivity index (χ0n) is 31.4. The molecule has 0 fully saturated rings. The molecule has 9 N–H and O–H groups in total. The van der Waals surface area contributed by atoms with Crippen LogP contribution in [0.4, 0.5) is 0 Å². The summed E-state index contributed by atoms with van der Waals surface area (Å²) in [5.41, 5.74) is 0.425. The summed E-state index contributed by atoms with van der Waals surface area (Å²) in [4.78, 5) is 25.2. The lowest BCUT2D eigenvalue weighted by Gasteiger charge is -2.28. The van der Waals surface area contributed by atoms with Gasteiger partial charge in [0.05, 0.1) is 54.9 Å². The van der Waals surface area contributed by atoms with E-state index >= 15 is 0 Å². The van der Waals surface area contributed by atoms with Crippen LogP contribution in [0.3, 0.4) is 0 Å². The Labute approximate surface area is 309 Å². The van der Waals surface area contributed by atoms with Crippen molar-refractivity contribution in [3.05, 3.63) is 60.3 Å². The minimum absolute atomic E-state index is 0.00167. The third-order valence-electron chi connectivity index (χ3n) is 9.03. The quantitative estimate of drug-likeness (QED) is 0.177. The van der Waals surface area contributed by atoms with Crippen molar-refractivity contribution in [2.75, 3.05) is 0 Å². The molecule has 0 saturated carbocycles. The van der Waals surface area contributed by atoms with Crippen molar-refractivity contribution in [2.24, 2.45) is 11.8 Å². The molecule has 0 aliphatic carbocycles. The number of Topliss-reactive ketones (excluding diaryl/α,β-unsaturated/α-hetero) is 1. The number of carbonyl (C=O) groups excluding carboxylic acids is 2. The molecule has 1 rings (SSSR count). The molecule has 0 bridgehead atoms. The average Bonchev–Trinajstić information content (AvgIpc) is 3.01. The lowest BCUT2D eigenvalue weighted by molar-refractivity contribution is -0.149. The number of carbonyl (C=O) groups is 2. The molecular formula is C40H66O12. The summed E-state index contributed by atoms with van der Waals surface area (Å²) in [6.45, 7) is 7.53. The van der Waals surface area contributed by atoms with Gasteiger partial charge in [-0.3, -0.25) is 4.79 Å². The third-order valence-corrected chi connectivity index (χ3v) is 9.03. The first-order valence-electron chi connectivity index (χ1n) is 18.6. The number of rotatable bonds is 1. The summed E-state index contributed by atoms with van der Waals surface area (Å²) in [7, 11) is 0. The predicted molar refractivity (Wildman–Crippen MR) is 199 cm³/mol. The summed E-state index contributed by atoms with van der Waals surface area (Å²) in [6.07, 6.45) is 5.24. The normalized spacial score (nSPS) is 38.3. The van der Waals surface area contributed by atoms with Crippen LogP contribution in [0.1, 0.15) is 105 Å². The molecule has 1 heterocycles. The highest BCUT2D eigenvalue weighted by Crippen LogP contribution is 2.25. The topological polar surface area (TPSA) is 225 Å². The molecule has 0 aromatic carbocycles. The van der Waals surface area contributed by atoms with Crippen molar-refractivity contribution >= 4 is 11.8 Å². The maximum Gasteiger partial charge on any atom is 0.334 e. The molecule has 298 valence electrons. The maximum absolute atomic E-state index is 12.8. The monoisotopic (exact) mass is 738 g/mol. The molecular weight excluding hydrogens is 672 g/mol. The first kappa shape index (κ1) is 47.5. The van der Waals surface area contributed by atoms with Gasteiger partial charge in [0.1, 0.15) is 11.9 Å². The number of ether oxygens (including phenoxy) is 1. The van der Waals surface area contributed by atoms with Crippen molar-refractivity contribution in [3.63, 3.8) is 0 Å². The highest BCUT2D eigenvalue weighted by atomic mass is 16.5. The first-order valence-corrected chi connectivity index (χ1v) is 18.6. The molecule has 1 aliphatic heterocycles. The van der Waals surface area contributed by atoms with Gasteiger partial charge in [0, 0.05) is 18.4 Å². The van der Waals surface area contributed by atoms with Gasteiger partial charge < -0.3 is 50.7 Å². The van der Waals surface area contributed by atoms with Crippen molar-refractivity contribution < 1.29 is 60.3 Å². The summed E-state index contributed by atoms with van der Waals surface area (Å²) >= 11 is 0. The van der Waals surface area contributed by atoms with Crippen molar-refractivity contribution in [1.29, 1.82) is 0 Å². The van der Waals surface area contributed by atoms with Gasteiger partial charge in [-0.1, -0.05) is 75.5 Å². The summed E-state index contributed by atoms with van der Waals surface area (Å²) in [5, 5.41) is 93.3. The fourth-order valence-electron chi connectivity index (χ4n) is 6.32.